The quantitative estimate of drug-likeness (QED) is 0.403. The Morgan fingerprint density at radius 1 is 1.11 bits per heavy atom. The maximum Gasteiger partial charge on any atom is 0.246 e. The number of hydrogen-bond acceptors (Lipinski definition) is 5. The van der Waals surface area contributed by atoms with E-state index in [9.17, 15) is 9.59 Å². The molecule has 7 nitrogen and oxygen atoms in total. The molecule has 0 unspecified atom stereocenters. The van der Waals surface area contributed by atoms with Gasteiger partial charge >= 0.3 is 0 Å². The van der Waals surface area contributed by atoms with Gasteiger partial charge in [-0.1, -0.05) is 6.08 Å². The van der Waals surface area contributed by atoms with Gasteiger partial charge in [-0.05, 0) is 38.0 Å². The molecule has 0 atom stereocenters. The Balaban J connectivity index is 2.31. The fourth-order valence-corrected chi connectivity index (χ4v) is 2.21. The van der Waals surface area contributed by atoms with E-state index in [0.29, 0.717) is 30.2 Å². The molecule has 0 spiro atoms. The normalized spacial score (nSPS) is 11.3. The molecule has 0 bridgehead atoms. The van der Waals surface area contributed by atoms with E-state index in [4.69, 9.17) is 14.6 Å². The van der Waals surface area contributed by atoms with Crippen LogP contribution in [0.2, 0.25) is 0 Å². The van der Waals surface area contributed by atoms with E-state index < -0.39 is 0 Å². The zero-order chi connectivity index (χ0) is 20.1. The summed E-state index contributed by atoms with van der Waals surface area (Å²) >= 11 is 0. The zero-order valence-corrected chi connectivity index (χ0v) is 16.1. The van der Waals surface area contributed by atoms with Gasteiger partial charge in [0.15, 0.2) is 0 Å². The summed E-state index contributed by atoms with van der Waals surface area (Å²) in [4.78, 5) is 23.5. The number of methoxy groups -OCH3 is 2. The third-order valence-electron chi connectivity index (χ3n) is 3.80. The summed E-state index contributed by atoms with van der Waals surface area (Å²) in [6, 6.07) is 5.37. The Labute approximate surface area is 160 Å². The summed E-state index contributed by atoms with van der Waals surface area (Å²) in [5.74, 6) is 0.922. The Hall–Kier alpha value is -2.80. The molecule has 1 aromatic rings. The van der Waals surface area contributed by atoms with Crippen LogP contribution in [0.3, 0.4) is 0 Å². The first-order valence-electron chi connectivity index (χ1n) is 8.75. The second-order valence-electron chi connectivity index (χ2n) is 5.76. The molecule has 0 aromatic heterocycles. The predicted molar refractivity (Wildman–Crippen MR) is 105 cm³/mol. The van der Waals surface area contributed by atoms with Crippen molar-refractivity contribution >= 4 is 17.9 Å². The fraction of sp³-hybridized carbons (Fsp3) is 0.400. The summed E-state index contributed by atoms with van der Waals surface area (Å²) in [6.45, 7) is 2.53. The van der Waals surface area contributed by atoms with Gasteiger partial charge in [0, 0.05) is 36.4 Å². The molecule has 0 heterocycles. The molecule has 0 radical (unpaired) electrons. The molecule has 7 heteroatoms. The van der Waals surface area contributed by atoms with Crippen LogP contribution < -0.4 is 20.1 Å². The van der Waals surface area contributed by atoms with Crippen molar-refractivity contribution in [1.82, 2.24) is 10.6 Å². The summed E-state index contributed by atoms with van der Waals surface area (Å²) in [5, 5.41) is 14.3. The number of amides is 2. The Morgan fingerprint density at radius 2 is 1.81 bits per heavy atom. The number of rotatable bonds is 11. The van der Waals surface area contributed by atoms with E-state index in [2.05, 4.69) is 10.6 Å². The number of aliphatic hydroxyl groups is 1. The summed E-state index contributed by atoms with van der Waals surface area (Å²) in [5.41, 5.74) is 1.27. The van der Waals surface area contributed by atoms with Gasteiger partial charge in [-0.3, -0.25) is 9.59 Å². The number of hydrogen-bond donors (Lipinski definition) is 3. The van der Waals surface area contributed by atoms with Crippen molar-refractivity contribution in [3.05, 3.63) is 41.5 Å². The molecule has 0 aliphatic carbocycles. The lowest BCUT2D eigenvalue weighted by Gasteiger charge is -2.07. The third-order valence-corrected chi connectivity index (χ3v) is 3.80. The van der Waals surface area contributed by atoms with Crippen LogP contribution in [-0.2, 0) is 9.59 Å². The maximum atomic E-state index is 11.9. The van der Waals surface area contributed by atoms with Crippen LogP contribution >= 0.6 is 0 Å². The average Bonchev–Trinajstić information content (AvgIpc) is 2.68. The minimum atomic E-state index is -0.196. The number of ether oxygens (including phenoxy) is 2. The molecular formula is C20H28N2O5. The van der Waals surface area contributed by atoms with Gasteiger partial charge in [0.05, 0.1) is 20.8 Å². The number of unbranched alkanes of at least 4 members (excludes halogenated alkanes) is 1. The van der Waals surface area contributed by atoms with Crippen LogP contribution in [0, 0.1) is 0 Å². The average molecular weight is 376 g/mol. The molecule has 2 amide bonds. The van der Waals surface area contributed by atoms with Gasteiger partial charge in [0.2, 0.25) is 11.8 Å². The molecule has 0 saturated carbocycles. The van der Waals surface area contributed by atoms with Crippen LogP contribution in [0.5, 0.6) is 11.5 Å². The Kier molecular flexibility index (Phi) is 10.3. The van der Waals surface area contributed by atoms with Gasteiger partial charge < -0.3 is 25.2 Å². The number of benzene rings is 1. The molecule has 148 valence electrons. The highest BCUT2D eigenvalue weighted by molar-refractivity contribution is 5.93. The van der Waals surface area contributed by atoms with Crippen molar-refractivity contribution < 1.29 is 24.2 Å². The Morgan fingerprint density at radius 3 is 2.44 bits per heavy atom. The van der Waals surface area contributed by atoms with Gasteiger partial charge in [0.1, 0.15) is 11.5 Å². The van der Waals surface area contributed by atoms with E-state index in [-0.39, 0.29) is 18.4 Å². The minimum absolute atomic E-state index is 0.152. The Bertz CT molecular complexity index is 683. The molecular weight excluding hydrogens is 348 g/mol. The van der Waals surface area contributed by atoms with Crippen LogP contribution in [0.4, 0.5) is 0 Å². The SMILES string of the molecule is COc1ccc(/C=C/C(=O)NCCCCNC(=O)/C(C)=C/CO)c(OC)c1. The van der Waals surface area contributed by atoms with Crippen molar-refractivity contribution in [3.63, 3.8) is 0 Å². The van der Waals surface area contributed by atoms with Crippen LogP contribution in [0.15, 0.2) is 35.9 Å². The van der Waals surface area contributed by atoms with Gasteiger partial charge in [-0.15, -0.1) is 0 Å². The molecule has 0 aliphatic heterocycles. The van der Waals surface area contributed by atoms with Crippen LogP contribution in [-0.4, -0.2) is 50.8 Å². The molecule has 0 saturated heterocycles. The molecule has 1 rings (SSSR count). The van der Waals surface area contributed by atoms with Crippen molar-refractivity contribution in [3.8, 4) is 11.5 Å². The second kappa shape index (κ2) is 12.5. The molecule has 0 fully saturated rings. The fourth-order valence-electron chi connectivity index (χ4n) is 2.21. The predicted octanol–water partition coefficient (Wildman–Crippen LogP) is 1.67. The van der Waals surface area contributed by atoms with Crippen molar-refractivity contribution in [1.29, 1.82) is 0 Å². The van der Waals surface area contributed by atoms with Crippen molar-refractivity contribution in [2.24, 2.45) is 0 Å². The summed E-state index contributed by atoms with van der Waals surface area (Å²) < 4.78 is 10.4. The minimum Gasteiger partial charge on any atom is -0.497 e. The second-order valence-corrected chi connectivity index (χ2v) is 5.76. The van der Waals surface area contributed by atoms with E-state index >= 15 is 0 Å². The van der Waals surface area contributed by atoms with Gasteiger partial charge in [0.25, 0.3) is 0 Å². The lowest BCUT2D eigenvalue weighted by atomic mass is 10.1. The first-order chi connectivity index (χ1) is 13.0. The molecule has 0 aliphatic rings. The van der Waals surface area contributed by atoms with E-state index in [0.717, 1.165) is 18.4 Å². The molecule has 3 N–H and O–H groups in total. The monoisotopic (exact) mass is 376 g/mol. The smallest absolute Gasteiger partial charge is 0.246 e. The summed E-state index contributed by atoms with van der Waals surface area (Å²) in [7, 11) is 3.14. The highest BCUT2D eigenvalue weighted by Crippen LogP contribution is 2.25. The van der Waals surface area contributed by atoms with E-state index in [1.807, 2.05) is 6.07 Å². The van der Waals surface area contributed by atoms with Crippen LogP contribution in [0.25, 0.3) is 6.08 Å². The number of carbonyl (C=O) groups excluding carboxylic acids is 2. The van der Waals surface area contributed by atoms with Gasteiger partial charge in [-0.2, -0.15) is 0 Å². The third kappa shape index (κ3) is 8.42. The van der Waals surface area contributed by atoms with Gasteiger partial charge in [-0.25, -0.2) is 0 Å². The first kappa shape index (κ1) is 22.2. The topological polar surface area (TPSA) is 96.9 Å². The lowest BCUT2D eigenvalue weighted by molar-refractivity contribution is -0.118. The molecule has 27 heavy (non-hydrogen) atoms. The zero-order valence-electron chi connectivity index (χ0n) is 16.1. The lowest BCUT2D eigenvalue weighted by Crippen LogP contribution is -2.27. The largest absolute Gasteiger partial charge is 0.497 e. The highest BCUT2D eigenvalue weighted by atomic mass is 16.5. The summed E-state index contributed by atoms with van der Waals surface area (Å²) in [6.07, 6.45) is 6.09. The standard InChI is InChI=1S/C20H28N2O5/c1-15(10-13-23)20(25)22-12-5-4-11-21-19(24)9-7-16-6-8-17(26-2)14-18(16)27-3/h6-10,14,23H,4-5,11-13H2,1-3H3,(H,21,24)(H,22,25)/b9-7+,15-10+. The number of carbonyl (C=O) groups is 2. The van der Waals surface area contributed by atoms with Crippen molar-refractivity contribution in [2.45, 2.75) is 19.8 Å². The van der Waals surface area contributed by atoms with E-state index in [1.54, 1.807) is 39.4 Å². The van der Waals surface area contributed by atoms with Crippen molar-refractivity contribution in [2.75, 3.05) is 33.9 Å². The molecule has 1 aromatic carbocycles. The first-order valence-corrected chi connectivity index (χ1v) is 8.75. The maximum absolute atomic E-state index is 11.9. The van der Waals surface area contributed by atoms with E-state index in [1.165, 1.54) is 12.2 Å². The van der Waals surface area contributed by atoms with Crippen LogP contribution in [0.1, 0.15) is 25.3 Å². The number of aliphatic hydroxyl groups excluding tert-OH is 1. The number of nitrogens with one attached hydrogen (secondary N) is 2. The highest BCUT2D eigenvalue weighted by Gasteiger charge is 2.04.